The largest absolute Gasteiger partial charge is 0.319 e. The predicted molar refractivity (Wildman–Crippen MR) is 80.8 cm³/mol. The number of nitrogens with two attached hydrogens (primary N) is 1. The molecule has 2 aromatic rings. The zero-order valence-corrected chi connectivity index (χ0v) is 12.9. The number of hydrogen-bond donors (Lipinski definition) is 1. The average Bonchev–Trinajstić information content (AvgIpc) is 2.72. The minimum Gasteiger partial charge on any atom is -0.319 e. The first-order chi connectivity index (χ1) is 8.57. The molecule has 1 aliphatic carbocycles. The number of aromatic nitrogens is 1. The Balaban J connectivity index is 2.03. The van der Waals surface area contributed by atoms with E-state index in [9.17, 15) is 0 Å². The molecule has 2 N–H and O–H groups in total. The van der Waals surface area contributed by atoms with Crippen molar-refractivity contribution in [3.8, 4) is 0 Å². The molecule has 1 aromatic heterocycles. The van der Waals surface area contributed by atoms with Gasteiger partial charge in [-0.05, 0) is 37.0 Å². The van der Waals surface area contributed by atoms with Crippen molar-refractivity contribution in [2.24, 2.45) is 11.7 Å². The summed E-state index contributed by atoms with van der Waals surface area (Å²) < 4.78 is 2.33. The second-order valence-electron chi connectivity index (χ2n) is 5.49. The van der Waals surface area contributed by atoms with Gasteiger partial charge in [0.25, 0.3) is 0 Å². The van der Waals surface area contributed by atoms with Gasteiger partial charge in [0, 0.05) is 4.47 Å². The number of halogens is 1. The van der Waals surface area contributed by atoms with Crippen LogP contribution in [0.15, 0.2) is 22.7 Å². The summed E-state index contributed by atoms with van der Waals surface area (Å²) in [6.07, 6.45) is 4.65. The van der Waals surface area contributed by atoms with Crippen molar-refractivity contribution in [1.82, 2.24) is 4.98 Å². The van der Waals surface area contributed by atoms with E-state index in [1.165, 1.54) is 17.5 Å². The lowest BCUT2D eigenvalue weighted by Crippen LogP contribution is -2.40. The third-order valence-corrected chi connectivity index (χ3v) is 5.54. The Morgan fingerprint density at radius 1 is 1.50 bits per heavy atom. The number of rotatable bonds is 1. The van der Waals surface area contributed by atoms with Crippen molar-refractivity contribution >= 4 is 37.5 Å². The molecule has 0 bridgehead atoms. The van der Waals surface area contributed by atoms with Gasteiger partial charge in [0.2, 0.25) is 0 Å². The van der Waals surface area contributed by atoms with Gasteiger partial charge in [-0.25, -0.2) is 4.98 Å². The molecule has 0 radical (unpaired) electrons. The van der Waals surface area contributed by atoms with Crippen LogP contribution in [0.5, 0.6) is 0 Å². The monoisotopic (exact) mass is 324 g/mol. The van der Waals surface area contributed by atoms with Gasteiger partial charge in [0.1, 0.15) is 5.01 Å². The van der Waals surface area contributed by atoms with E-state index in [1.807, 2.05) is 6.07 Å². The Hall–Kier alpha value is -0.450. The molecule has 0 spiro atoms. The van der Waals surface area contributed by atoms with Crippen LogP contribution < -0.4 is 5.73 Å². The van der Waals surface area contributed by atoms with Crippen LogP contribution in [0.1, 0.15) is 37.6 Å². The fourth-order valence-electron chi connectivity index (χ4n) is 2.90. The molecule has 0 aliphatic heterocycles. The molecular weight excluding hydrogens is 308 g/mol. The Labute approximate surface area is 120 Å². The number of thiazole rings is 1. The number of fused-ring (bicyclic) bond motifs is 1. The maximum atomic E-state index is 6.61. The van der Waals surface area contributed by atoms with Crippen molar-refractivity contribution in [2.75, 3.05) is 0 Å². The zero-order chi connectivity index (χ0) is 12.8. The molecule has 3 rings (SSSR count). The lowest BCUT2D eigenvalue weighted by molar-refractivity contribution is 0.239. The average molecular weight is 325 g/mol. The second-order valence-corrected chi connectivity index (χ2v) is 7.44. The summed E-state index contributed by atoms with van der Waals surface area (Å²) in [6, 6.07) is 6.24. The van der Waals surface area contributed by atoms with Crippen LogP contribution in [0.2, 0.25) is 0 Å². The standard InChI is InChI=1S/C14H17BrN2S/c1-9-3-2-6-14(16,8-9)13-17-11-5-4-10(15)7-12(11)18-13/h4-5,7,9H,2-3,6,8,16H2,1H3. The van der Waals surface area contributed by atoms with E-state index in [-0.39, 0.29) is 5.54 Å². The third-order valence-electron chi connectivity index (χ3n) is 3.81. The van der Waals surface area contributed by atoms with E-state index in [1.54, 1.807) is 11.3 Å². The van der Waals surface area contributed by atoms with E-state index in [0.717, 1.165) is 27.8 Å². The Bertz CT molecular complexity index is 580. The molecule has 1 heterocycles. The molecule has 0 amide bonds. The lowest BCUT2D eigenvalue weighted by Gasteiger charge is -2.35. The number of hydrogen-bond acceptors (Lipinski definition) is 3. The number of nitrogens with zero attached hydrogens (tertiary/aromatic N) is 1. The van der Waals surface area contributed by atoms with Crippen LogP contribution in [0.4, 0.5) is 0 Å². The molecule has 4 heteroatoms. The van der Waals surface area contributed by atoms with E-state index < -0.39 is 0 Å². The van der Waals surface area contributed by atoms with E-state index in [4.69, 9.17) is 10.7 Å². The van der Waals surface area contributed by atoms with Gasteiger partial charge in [0.15, 0.2) is 0 Å². The van der Waals surface area contributed by atoms with Crippen molar-refractivity contribution in [3.05, 3.63) is 27.7 Å². The zero-order valence-electron chi connectivity index (χ0n) is 10.4. The topological polar surface area (TPSA) is 38.9 Å². The fraction of sp³-hybridized carbons (Fsp3) is 0.500. The maximum absolute atomic E-state index is 6.61. The predicted octanol–water partition coefficient (Wildman–Crippen LogP) is 4.42. The molecule has 96 valence electrons. The normalized spacial score (nSPS) is 28.7. The van der Waals surface area contributed by atoms with E-state index >= 15 is 0 Å². The van der Waals surface area contributed by atoms with Crippen molar-refractivity contribution in [2.45, 2.75) is 38.1 Å². The van der Waals surface area contributed by atoms with Gasteiger partial charge >= 0.3 is 0 Å². The first kappa shape index (κ1) is 12.6. The van der Waals surface area contributed by atoms with Gasteiger partial charge in [-0.3, -0.25) is 0 Å². The molecule has 1 saturated carbocycles. The molecule has 1 aromatic carbocycles. The first-order valence-electron chi connectivity index (χ1n) is 6.42. The lowest BCUT2D eigenvalue weighted by atomic mass is 9.77. The SMILES string of the molecule is CC1CCCC(N)(c2nc3ccc(Br)cc3s2)C1. The first-order valence-corrected chi connectivity index (χ1v) is 8.03. The smallest absolute Gasteiger partial charge is 0.114 e. The quantitative estimate of drug-likeness (QED) is 0.843. The third kappa shape index (κ3) is 2.22. The van der Waals surface area contributed by atoms with Gasteiger partial charge < -0.3 is 5.73 Å². The van der Waals surface area contributed by atoms with Gasteiger partial charge in [-0.15, -0.1) is 11.3 Å². The molecule has 0 saturated heterocycles. The summed E-state index contributed by atoms with van der Waals surface area (Å²) >= 11 is 5.26. The summed E-state index contributed by atoms with van der Waals surface area (Å²) in [6.45, 7) is 2.30. The fourth-order valence-corrected chi connectivity index (χ4v) is 4.56. The van der Waals surface area contributed by atoms with Gasteiger partial charge in [0.05, 0.1) is 15.8 Å². The summed E-state index contributed by atoms with van der Waals surface area (Å²) in [5, 5.41) is 1.11. The van der Waals surface area contributed by atoms with Crippen molar-refractivity contribution in [1.29, 1.82) is 0 Å². The van der Waals surface area contributed by atoms with Crippen molar-refractivity contribution in [3.63, 3.8) is 0 Å². The van der Waals surface area contributed by atoms with Crippen molar-refractivity contribution < 1.29 is 0 Å². The van der Waals surface area contributed by atoms with Crippen LogP contribution in [0, 0.1) is 5.92 Å². The van der Waals surface area contributed by atoms with Crippen LogP contribution >= 0.6 is 27.3 Å². The molecule has 1 fully saturated rings. The minimum absolute atomic E-state index is 0.201. The summed E-state index contributed by atoms with van der Waals surface area (Å²) in [5.41, 5.74) is 7.48. The molecule has 1 aliphatic rings. The summed E-state index contributed by atoms with van der Waals surface area (Å²) in [7, 11) is 0. The highest BCUT2D eigenvalue weighted by Gasteiger charge is 2.35. The Morgan fingerprint density at radius 3 is 3.11 bits per heavy atom. The Morgan fingerprint density at radius 2 is 2.33 bits per heavy atom. The molecule has 2 nitrogen and oxygen atoms in total. The van der Waals surface area contributed by atoms with E-state index in [0.29, 0.717) is 5.92 Å². The summed E-state index contributed by atoms with van der Waals surface area (Å²) in [4.78, 5) is 4.76. The highest BCUT2D eigenvalue weighted by Crippen LogP contribution is 2.41. The highest BCUT2D eigenvalue weighted by atomic mass is 79.9. The highest BCUT2D eigenvalue weighted by molar-refractivity contribution is 9.10. The maximum Gasteiger partial charge on any atom is 0.114 e. The Kier molecular flexibility index (Phi) is 3.20. The molecule has 2 atom stereocenters. The molecule has 18 heavy (non-hydrogen) atoms. The van der Waals surface area contributed by atoms with Gasteiger partial charge in [-0.2, -0.15) is 0 Å². The van der Waals surface area contributed by atoms with E-state index in [2.05, 4.69) is 35.0 Å². The van der Waals surface area contributed by atoms with Crippen LogP contribution in [0.3, 0.4) is 0 Å². The van der Waals surface area contributed by atoms with Gasteiger partial charge in [-0.1, -0.05) is 35.7 Å². The van der Waals surface area contributed by atoms with Crippen LogP contribution in [-0.2, 0) is 5.54 Å². The van der Waals surface area contributed by atoms with Crippen LogP contribution in [-0.4, -0.2) is 4.98 Å². The van der Waals surface area contributed by atoms with Crippen LogP contribution in [0.25, 0.3) is 10.2 Å². The molecular formula is C14H17BrN2S. The summed E-state index contributed by atoms with van der Waals surface area (Å²) in [5.74, 6) is 0.711. The minimum atomic E-state index is -0.201. The molecule has 2 unspecified atom stereocenters. The second kappa shape index (κ2) is 4.58. The number of benzene rings is 1.